The Bertz CT molecular complexity index is 2070. The highest BCUT2D eigenvalue weighted by molar-refractivity contribution is 8.01. The van der Waals surface area contributed by atoms with Crippen molar-refractivity contribution in [2.24, 2.45) is 11.5 Å². The average molecular weight is 903 g/mol. The van der Waals surface area contributed by atoms with E-state index in [4.69, 9.17) is 46.8 Å². The Morgan fingerprint density at radius 1 is 0.721 bits per heavy atom. The van der Waals surface area contributed by atoms with Gasteiger partial charge in [-0.05, 0) is 56.0 Å². The summed E-state index contributed by atoms with van der Waals surface area (Å²) < 4.78 is 26.5. The number of rotatable bonds is 16. The van der Waals surface area contributed by atoms with Crippen LogP contribution in [0.4, 0.5) is 0 Å². The maximum Gasteiger partial charge on any atom is 0.356 e. The molecule has 0 aromatic heterocycles. The number of β-lactam (4-membered cyclic amide) rings is 2. The van der Waals surface area contributed by atoms with E-state index in [1.165, 1.54) is 47.5 Å². The Morgan fingerprint density at radius 3 is 1.84 bits per heavy atom. The number of nitrogens with two attached hydrogens (primary N) is 2. The summed E-state index contributed by atoms with van der Waals surface area (Å²) in [6.45, 7) is 9.33. The molecule has 4 unspecified atom stereocenters. The number of ether oxygens (including phenoxy) is 5. The molecule has 0 aliphatic carbocycles. The summed E-state index contributed by atoms with van der Waals surface area (Å²) in [5.41, 5.74) is 13.9. The van der Waals surface area contributed by atoms with E-state index in [2.05, 4.69) is 10.6 Å². The van der Waals surface area contributed by atoms with E-state index >= 15 is 0 Å². The van der Waals surface area contributed by atoms with Crippen LogP contribution in [-0.4, -0.2) is 113 Å². The fraction of sp³-hybridized carbons (Fsp3) is 0.463. The Kier molecular flexibility index (Phi) is 16.4. The van der Waals surface area contributed by atoms with Gasteiger partial charge in [-0.15, -0.1) is 23.5 Å². The van der Waals surface area contributed by atoms with E-state index in [1.807, 2.05) is 32.9 Å². The third-order valence-electron chi connectivity index (χ3n) is 9.69. The number of thioether (sulfide) groups is 2. The predicted molar refractivity (Wildman–Crippen MR) is 229 cm³/mol. The smallest absolute Gasteiger partial charge is 0.356 e. The fourth-order valence-corrected chi connectivity index (χ4v) is 9.70. The largest absolute Gasteiger partial charge is 0.494 e. The van der Waals surface area contributed by atoms with Crippen molar-refractivity contribution >= 4 is 70.7 Å². The molecule has 6 rings (SSSR count). The minimum absolute atomic E-state index is 0.0355. The minimum atomic E-state index is -0.764. The van der Waals surface area contributed by atoms with Crippen LogP contribution in [0.25, 0.3) is 0 Å². The fourth-order valence-electron chi connectivity index (χ4n) is 6.58. The number of carbonyl (C=O) groups is 6. The van der Waals surface area contributed by atoms with Gasteiger partial charge in [0.15, 0.2) is 0 Å². The molecule has 4 aliphatic heterocycles. The molecule has 0 spiro atoms. The lowest BCUT2D eigenvalue weighted by molar-refractivity contribution is -0.149. The number of fused-ring (bicyclic) bond motifs is 2. The predicted octanol–water partition coefficient (Wildman–Crippen LogP) is 2.87. The number of hydrogen-bond acceptors (Lipinski definition) is 15. The molecule has 2 aromatic carbocycles. The molecule has 6 N–H and O–H groups in total. The number of carbonyl (C=O) groups excluding carboxylic acids is 6. The standard InChI is InChI=1S/C23H31N3O6S.C18H20ClN3O5S/c1-5-9-31-15-8-7-14(16(12-15)32-10-6-2)11-17(27)25-20-13(3)19(23(29)30-4)26-21(28)18(24)22(26)33-20;1-3-27-10-6-4-9(5-7-10)8-11(23)21-15-12(19)14(18(25)26-2)22-16(24)13(20)17(22)28-15/h7-8,12,18,20,22H,5-6,9-11,24H2,1-4H3,(H,25,27);4-7,13,15,17H,3,8,20H2,1-2H3,(H,21,23)/t18?,20?,22-;13?,15?,17-/m11/s1. The van der Waals surface area contributed by atoms with Crippen LogP contribution < -0.4 is 36.3 Å². The number of amides is 4. The Labute approximate surface area is 367 Å². The van der Waals surface area contributed by atoms with Crippen molar-refractivity contribution < 1.29 is 52.5 Å². The molecule has 2 aromatic rings. The zero-order valence-corrected chi connectivity index (χ0v) is 37.1. The van der Waals surface area contributed by atoms with Crippen molar-refractivity contribution in [2.45, 2.75) is 87.0 Å². The van der Waals surface area contributed by atoms with Crippen LogP contribution in [0, 0.1) is 0 Å². The number of methoxy groups -OCH3 is 2. The monoisotopic (exact) mass is 902 g/mol. The molecule has 0 bridgehead atoms. The highest BCUT2D eigenvalue weighted by Crippen LogP contribution is 2.45. The Balaban J connectivity index is 0.000000234. The van der Waals surface area contributed by atoms with E-state index < -0.39 is 51.4 Å². The van der Waals surface area contributed by atoms with Gasteiger partial charge in [0.25, 0.3) is 0 Å². The molecule has 17 nitrogen and oxygen atoms in total. The van der Waals surface area contributed by atoms with Crippen LogP contribution >= 0.6 is 35.1 Å². The Morgan fingerprint density at radius 2 is 1.25 bits per heavy atom. The van der Waals surface area contributed by atoms with Crippen molar-refractivity contribution in [3.05, 3.63) is 75.6 Å². The average Bonchev–Trinajstić information content (AvgIpc) is 3.26. The zero-order valence-electron chi connectivity index (χ0n) is 34.7. The van der Waals surface area contributed by atoms with Gasteiger partial charge in [-0.1, -0.05) is 43.6 Å². The molecule has 20 heteroatoms. The molecule has 4 aliphatic rings. The first-order valence-electron chi connectivity index (χ1n) is 19.6. The van der Waals surface area contributed by atoms with Crippen LogP contribution in [0.2, 0.25) is 0 Å². The van der Waals surface area contributed by atoms with Crippen LogP contribution in [0.15, 0.2) is 64.5 Å². The summed E-state index contributed by atoms with van der Waals surface area (Å²) in [4.78, 5) is 76.6. The van der Waals surface area contributed by atoms with Crippen molar-refractivity contribution in [1.29, 1.82) is 0 Å². The molecule has 0 radical (unpaired) electrons. The van der Waals surface area contributed by atoms with Gasteiger partial charge in [-0.3, -0.25) is 29.0 Å². The first kappa shape index (κ1) is 47.1. The molecule has 2 fully saturated rings. The molecule has 61 heavy (non-hydrogen) atoms. The number of benzene rings is 2. The van der Waals surface area contributed by atoms with Gasteiger partial charge in [0.1, 0.15) is 62.2 Å². The highest BCUT2D eigenvalue weighted by Gasteiger charge is 2.55. The first-order valence-corrected chi connectivity index (χ1v) is 21.9. The van der Waals surface area contributed by atoms with E-state index in [-0.39, 0.29) is 47.0 Å². The Hall–Kier alpha value is -4.95. The van der Waals surface area contributed by atoms with E-state index in [9.17, 15) is 28.8 Å². The maximum absolute atomic E-state index is 12.9. The van der Waals surface area contributed by atoms with E-state index in [0.29, 0.717) is 36.9 Å². The van der Waals surface area contributed by atoms with Gasteiger partial charge < -0.3 is 45.8 Å². The maximum atomic E-state index is 12.9. The zero-order chi connectivity index (χ0) is 44.5. The van der Waals surface area contributed by atoms with Crippen LogP contribution in [0.1, 0.15) is 51.7 Å². The van der Waals surface area contributed by atoms with Gasteiger partial charge in [0, 0.05) is 11.6 Å². The van der Waals surface area contributed by atoms with Gasteiger partial charge in [-0.25, -0.2) is 9.59 Å². The van der Waals surface area contributed by atoms with Gasteiger partial charge in [0.05, 0.1) is 51.9 Å². The first-order chi connectivity index (χ1) is 29.2. The van der Waals surface area contributed by atoms with Gasteiger partial charge in [0.2, 0.25) is 23.6 Å². The van der Waals surface area contributed by atoms with Crippen molar-refractivity contribution in [3.63, 3.8) is 0 Å². The number of esters is 2. The molecule has 0 saturated carbocycles. The van der Waals surface area contributed by atoms with Crippen LogP contribution in [-0.2, 0) is 51.1 Å². The van der Waals surface area contributed by atoms with Crippen LogP contribution in [0.5, 0.6) is 17.2 Å². The summed E-state index contributed by atoms with van der Waals surface area (Å²) in [6, 6.07) is 11.2. The molecular weight excluding hydrogens is 852 g/mol. The van der Waals surface area contributed by atoms with Crippen LogP contribution in [0.3, 0.4) is 0 Å². The highest BCUT2D eigenvalue weighted by atomic mass is 35.5. The number of hydrogen-bond donors (Lipinski definition) is 4. The van der Waals surface area contributed by atoms with Crippen molar-refractivity contribution in [3.8, 4) is 17.2 Å². The lowest BCUT2D eigenvalue weighted by Crippen LogP contribution is -2.69. The number of nitrogens with one attached hydrogen (secondary N) is 2. The topological polar surface area (TPSA) is 231 Å². The molecule has 4 heterocycles. The van der Waals surface area contributed by atoms with Gasteiger partial charge in [-0.2, -0.15) is 0 Å². The molecule has 4 amide bonds. The lowest BCUT2D eigenvalue weighted by Gasteiger charge is -2.50. The van der Waals surface area contributed by atoms with E-state index in [0.717, 1.165) is 29.7 Å². The van der Waals surface area contributed by atoms with E-state index in [1.54, 1.807) is 37.3 Å². The number of nitrogens with zero attached hydrogens (tertiary/aromatic N) is 2. The van der Waals surface area contributed by atoms with Crippen molar-refractivity contribution in [1.82, 2.24) is 20.4 Å². The normalized spacial score (nSPS) is 22.6. The third-order valence-corrected chi connectivity index (χ3v) is 13.2. The SMILES string of the molecule is CCCOc1ccc(CC(=O)NC2S[C@@H]3C(N)C(=O)N3C(C(=O)OC)=C2C)c(OCCC)c1.CCOc1ccc(CC(=O)NC2S[C@@H]3C(N)C(=O)N3C(C(=O)OC)=C2Cl)cc1. The molecule has 2 saturated heterocycles. The lowest BCUT2D eigenvalue weighted by atomic mass is 10.0. The van der Waals surface area contributed by atoms with Crippen molar-refractivity contribution in [2.75, 3.05) is 34.0 Å². The number of halogens is 1. The third kappa shape index (κ3) is 10.6. The molecule has 6 atom stereocenters. The second-order valence-electron chi connectivity index (χ2n) is 14.0. The summed E-state index contributed by atoms with van der Waals surface area (Å²) in [5, 5.41) is 3.65. The molecular formula is C41H51ClN6O11S2. The summed E-state index contributed by atoms with van der Waals surface area (Å²) in [6.07, 6.45) is 1.94. The minimum Gasteiger partial charge on any atom is -0.494 e. The quantitative estimate of drug-likeness (QED) is 0.140. The summed E-state index contributed by atoms with van der Waals surface area (Å²) in [7, 11) is 2.45. The second kappa shape index (κ2) is 21.2. The molecule has 330 valence electrons. The second-order valence-corrected chi connectivity index (χ2v) is 16.9. The summed E-state index contributed by atoms with van der Waals surface area (Å²) >= 11 is 8.87. The van der Waals surface area contributed by atoms with Gasteiger partial charge >= 0.3 is 11.9 Å². The summed E-state index contributed by atoms with van der Waals surface area (Å²) in [5.74, 6) is -0.611.